The van der Waals surface area contributed by atoms with Crippen molar-refractivity contribution in [2.24, 2.45) is 5.41 Å². The van der Waals surface area contributed by atoms with Crippen LogP contribution in [0.3, 0.4) is 0 Å². The number of hydrogen-bond donors (Lipinski definition) is 0. The highest BCUT2D eigenvalue weighted by Crippen LogP contribution is 2.44. The Morgan fingerprint density at radius 3 is 1.67 bits per heavy atom. The summed E-state index contributed by atoms with van der Waals surface area (Å²) in [5.41, 5.74) is -0.155. The van der Waals surface area contributed by atoms with Crippen LogP contribution in [0, 0.1) is 5.41 Å². The summed E-state index contributed by atoms with van der Waals surface area (Å²) in [6.45, 7) is 5.27. The third kappa shape index (κ3) is 13.3. The van der Waals surface area contributed by atoms with E-state index in [2.05, 4.69) is 19.8 Å². The molecule has 2 rings (SSSR count). The number of carbonyl (C=O) groups excluding carboxylic acids is 1. The molecule has 2 aromatic rings. The van der Waals surface area contributed by atoms with Gasteiger partial charge >= 0.3 is 27.9 Å². The van der Waals surface area contributed by atoms with Gasteiger partial charge in [0.2, 0.25) is 0 Å². The first-order valence-electron chi connectivity index (χ1n) is 13.0. The van der Waals surface area contributed by atoms with Crippen molar-refractivity contribution in [3.8, 4) is 17.2 Å². The molecule has 1 heterocycles. The molecular formula is C25H29Br2F8N3O8. The van der Waals surface area contributed by atoms with Crippen molar-refractivity contribution in [3.05, 3.63) is 30.1 Å². The van der Waals surface area contributed by atoms with Gasteiger partial charge in [0.1, 0.15) is 29.5 Å². The molecule has 0 aliphatic heterocycles. The van der Waals surface area contributed by atoms with Crippen molar-refractivity contribution >= 4 is 37.8 Å². The van der Waals surface area contributed by atoms with E-state index in [9.17, 15) is 39.9 Å². The third-order valence-electron chi connectivity index (χ3n) is 5.02. The Bertz CT molecular complexity index is 1210. The zero-order chi connectivity index (χ0) is 34.8. The first-order chi connectivity index (χ1) is 21.1. The molecule has 46 heavy (non-hydrogen) atoms. The van der Waals surface area contributed by atoms with Crippen LogP contribution < -0.4 is 14.2 Å². The van der Waals surface area contributed by atoms with Gasteiger partial charge in [0, 0.05) is 50.1 Å². The molecular weight excluding hydrogens is 782 g/mol. The average molecular weight is 811 g/mol. The van der Waals surface area contributed by atoms with Crippen LogP contribution in [-0.4, -0.2) is 82.5 Å². The molecule has 0 saturated carbocycles. The van der Waals surface area contributed by atoms with E-state index in [-0.39, 0.29) is 59.0 Å². The molecule has 0 atom stereocenters. The minimum atomic E-state index is -5.18. The number of esters is 1. The Kier molecular flexibility index (Phi) is 14.3. The Morgan fingerprint density at radius 1 is 0.739 bits per heavy atom. The Balaban J connectivity index is 1.72. The number of rotatable bonds is 20. The normalized spacial score (nSPS) is 13.1. The number of aromatic nitrogens is 3. The second-order valence-corrected chi connectivity index (χ2v) is 12.1. The zero-order valence-electron chi connectivity index (χ0n) is 24.4. The zero-order valence-corrected chi connectivity index (χ0v) is 27.5. The van der Waals surface area contributed by atoms with E-state index in [0.29, 0.717) is 17.8 Å². The largest absolute Gasteiger partial charge is 0.491 e. The van der Waals surface area contributed by atoms with Crippen LogP contribution in [-0.2, 0) is 37.1 Å². The van der Waals surface area contributed by atoms with E-state index in [1.165, 1.54) is 36.5 Å². The van der Waals surface area contributed by atoms with Crippen LogP contribution in [0.2, 0.25) is 0 Å². The van der Waals surface area contributed by atoms with Gasteiger partial charge in [-0.05, 0) is 20.8 Å². The quantitative estimate of drug-likeness (QED) is 0.0648. The molecule has 1 aromatic carbocycles. The van der Waals surface area contributed by atoms with Gasteiger partial charge < -0.3 is 33.2 Å². The molecule has 0 saturated heterocycles. The molecule has 0 radical (unpaired) electrons. The summed E-state index contributed by atoms with van der Waals surface area (Å²) in [5, 5.41) is 7.72. The second kappa shape index (κ2) is 16.6. The van der Waals surface area contributed by atoms with Gasteiger partial charge in [0.15, 0.2) is 6.73 Å². The van der Waals surface area contributed by atoms with Crippen LogP contribution in [0.25, 0.3) is 0 Å². The maximum Gasteiger partial charge on any atom is 0.475 e. The molecule has 0 bridgehead atoms. The molecule has 1 aromatic heterocycles. The van der Waals surface area contributed by atoms with Gasteiger partial charge in [-0.2, -0.15) is 35.1 Å². The highest BCUT2D eigenvalue weighted by Gasteiger charge is 2.59. The monoisotopic (exact) mass is 809 g/mol. The first kappa shape index (κ1) is 39.7. The predicted molar refractivity (Wildman–Crippen MR) is 148 cm³/mol. The fraction of sp³-hybridized carbons (Fsp3) is 0.640. The summed E-state index contributed by atoms with van der Waals surface area (Å²) in [6, 6.07) is 1.51. The highest BCUT2D eigenvalue weighted by molar-refractivity contribution is 9.10. The topological polar surface area (TPSA) is 112 Å². The number of ether oxygens (including phenoxy) is 7. The van der Waals surface area contributed by atoms with Crippen molar-refractivity contribution in [2.75, 3.05) is 39.6 Å². The average Bonchev–Trinajstić information content (AvgIpc) is 3.35. The number of benzene rings is 1. The molecule has 21 heteroatoms. The van der Waals surface area contributed by atoms with Gasteiger partial charge in [-0.15, -0.1) is 5.10 Å². The van der Waals surface area contributed by atoms with Crippen molar-refractivity contribution in [1.29, 1.82) is 0 Å². The van der Waals surface area contributed by atoms with Crippen LogP contribution in [0.4, 0.5) is 35.1 Å². The molecule has 0 amide bonds. The number of halogens is 10. The third-order valence-corrected chi connectivity index (χ3v) is 5.95. The standard InChI is InChI=1S/C25H29Br2F8N3O8/c1-21(2,3)20(39)44-15-38-13-16(36-37-38)14-42-7-6-40-4-5-41-8-9-43-17-10-18(45-24(32,33)22(26,28)29)12-19(11-17)46-25(34,35)23(27,30)31/h10-13H,4-9,14-15H2,1-3H3. The maximum absolute atomic E-state index is 13.7. The molecule has 0 aliphatic rings. The summed E-state index contributed by atoms with van der Waals surface area (Å²) in [5.74, 6) is -3.24. The SMILES string of the molecule is CC(C)(C)C(=O)OCn1cc(COCCOCCOCCOc2cc(OC(F)(F)C(F)(F)Br)cc(OC(F)(F)C(F)(F)Br)c2)nn1. The Morgan fingerprint density at radius 2 is 1.20 bits per heavy atom. The fourth-order valence-electron chi connectivity index (χ4n) is 2.80. The molecule has 0 unspecified atom stereocenters. The van der Waals surface area contributed by atoms with E-state index < -0.39 is 50.5 Å². The molecule has 262 valence electrons. The number of alkyl halides is 10. The molecule has 0 fully saturated rings. The lowest BCUT2D eigenvalue weighted by atomic mass is 9.98. The molecule has 0 N–H and O–H groups in total. The lowest BCUT2D eigenvalue weighted by Gasteiger charge is -2.24. The van der Waals surface area contributed by atoms with Crippen molar-refractivity contribution in [2.45, 2.75) is 56.0 Å². The number of carbonyl (C=O) groups is 1. The summed E-state index contributed by atoms with van der Waals surface area (Å²) < 4.78 is 142. The van der Waals surface area contributed by atoms with Crippen LogP contribution in [0.1, 0.15) is 26.5 Å². The van der Waals surface area contributed by atoms with E-state index in [4.69, 9.17) is 23.7 Å². The molecule has 11 nitrogen and oxygen atoms in total. The maximum atomic E-state index is 13.7. The van der Waals surface area contributed by atoms with Crippen LogP contribution >= 0.6 is 31.9 Å². The summed E-state index contributed by atoms with van der Waals surface area (Å²) >= 11 is 2.87. The minimum Gasteiger partial charge on any atom is -0.491 e. The summed E-state index contributed by atoms with van der Waals surface area (Å²) in [4.78, 5) is 2.04. The van der Waals surface area contributed by atoms with E-state index >= 15 is 0 Å². The van der Waals surface area contributed by atoms with Gasteiger partial charge in [-0.3, -0.25) is 4.79 Å². The lowest BCUT2D eigenvalue weighted by Crippen LogP contribution is -2.41. The Labute approximate surface area is 274 Å². The second-order valence-electron chi connectivity index (χ2n) is 10.1. The smallest absolute Gasteiger partial charge is 0.475 e. The van der Waals surface area contributed by atoms with Gasteiger partial charge in [-0.25, -0.2) is 4.68 Å². The van der Waals surface area contributed by atoms with Gasteiger partial charge in [0.25, 0.3) is 0 Å². The lowest BCUT2D eigenvalue weighted by molar-refractivity contribution is -0.268. The van der Waals surface area contributed by atoms with Gasteiger partial charge in [0.05, 0.1) is 51.3 Å². The van der Waals surface area contributed by atoms with Crippen LogP contribution in [0.5, 0.6) is 17.2 Å². The van der Waals surface area contributed by atoms with E-state index in [1.54, 1.807) is 27.0 Å². The molecule has 0 aliphatic carbocycles. The minimum absolute atomic E-state index is 0.0571. The number of nitrogens with zero attached hydrogens (tertiary/aromatic N) is 3. The number of hydrogen-bond acceptors (Lipinski definition) is 10. The first-order valence-corrected chi connectivity index (χ1v) is 14.5. The van der Waals surface area contributed by atoms with E-state index in [1.807, 2.05) is 0 Å². The fourth-order valence-corrected chi connectivity index (χ4v) is 2.96. The summed E-state index contributed by atoms with van der Waals surface area (Å²) in [6.07, 6.45) is -8.80. The van der Waals surface area contributed by atoms with Crippen molar-refractivity contribution in [3.63, 3.8) is 0 Å². The highest BCUT2D eigenvalue weighted by atomic mass is 79.9. The van der Waals surface area contributed by atoms with Crippen LogP contribution in [0.15, 0.2) is 24.4 Å². The summed E-state index contributed by atoms with van der Waals surface area (Å²) in [7, 11) is 0. The van der Waals surface area contributed by atoms with Crippen molar-refractivity contribution in [1.82, 2.24) is 15.0 Å². The van der Waals surface area contributed by atoms with E-state index in [0.717, 1.165) is 0 Å². The van der Waals surface area contributed by atoms with Gasteiger partial charge in [-0.1, -0.05) is 5.21 Å². The Hall–Kier alpha value is -2.49. The molecule has 0 spiro atoms. The predicted octanol–water partition coefficient (Wildman–Crippen LogP) is 6.37. The van der Waals surface area contributed by atoms with Crippen molar-refractivity contribution < 1.29 is 73.1 Å².